The van der Waals surface area contributed by atoms with Crippen molar-refractivity contribution in [3.05, 3.63) is 29.3 Å². The van der Waals surface area contributed by atoms with E-state index in [1.807, 2.05) is 53.7 Å². The Morgan fingerprint density at radius 3 is 2.39 bits per heavy atom. The third-order valence-corrected chi connectivity index (χ3v) is 5.26. The van der Waals surface area contributed by atoms with Gasteiger partial charge in [0.25, 0.3) is 0 Å². The number of rotatable bonds is 6. The van der Waals surface area contributed by atoms with Crippen molar-refractivity contribution in [1.29, 1.82) is 0 Å². The van der Waals surface area contributed by atoms with E-state index in [0.717, 1.165) is 36.1 Å². The van der Waals surface area contributed by atoms with Crippen molar-refractivity contribution in [1.82, 2.24) is 10.6 Å². The highest BCUT2D eigenvalue weighted by Crippen LogP contribution is 2.34. The van der Waals surface area contributed by atoms with Crippen LogP contribution in [0.15, 0.2) is 18.2 Å². The predicted octanol–water partition coefficient (Wildman–Crippen LogP) is 4.38. The van der Waals surface area contributed by atoms with Crippen molar-refractivity contribution in [2.24, 2.45) is 5.92 Å². The number of nitrogens with one attached hydrogen (secondary N) is 2. The third kappa shape index (κ3) is 6.86. The van der Waals surface area contributed by atoms with Gasteiger partial charge in [0.05, 0.1) is 5.69 Å². The third-order valence-electron chi connectivity index (χ3n) is 5.26. The fourth-order valence-corrected chi connectivity index (χ4v) is 3.83. The van der Waals surface area contributed by atoms with Gasteiger partial charge < -0.3 is 20.1 Å². The predicted molar refractivity (Wildman–Crippen MR) is 121 cm³/mol. The number of alkyl carbamates (subject to hydrolysis) is 1. The lowest BCUT2D eigenvalue weighted by molar-refractivity contribution is 0.0496. The van der Waals surface area contributed by atoms with E-state index in [9.17, 15) is 9.59 Å². The number of anilines is 1. The molecule has 1 aromatic carbocycles. The second kappa shape index (κ2) is 9.07. The average molecular weight is 432 g/mol. The Kier molecular flexibility index (Phi) is 6.84. The van der Waals surface area contributed by atoms with Crippen molar-refractivity contribution >= 4 is 17.9 Å². The second-order valence-corrected chi connectivity index (χ2v) is 10.5. The summed E-state index contributed by atoms with van der Waals surface area (Å²) in [5.41, 5.74) is 2.13. The second-order valence-electron chi connectivity index (χ2n) is 10.5. The first kappa shape index (κ1) is 23.4. The molecule has 1 aliphatic heterocycles. The number of hydrogen-bond acceptors (Lipinski definition) is 5. The Bertz CT molecular complexity index is 806. The lowest BCUT2D eigenvalue weighted by Crippen LogP contribution is -2.45. The molecular weight excluding hydrogens is 394 g/mol. The van der Waals surface area contributed by atoms with Gasteiger partial charge in [0.15, 0.2) is 0 Å². The number of carbonyl (C=O) groups is 2. The van der Waals surface area contributed by atoms with Crippen LogP contribution in [0.1, 0.15) is 65.5 Å². The summed E-state index contributed by atoms with van der Waals surface area (Å²) in [7, 11) is 0. The molecule has 1 unspecified atom stereocenters. The molecule has 3 rings (SSSR count). The van der Waals surface area contributed by atoms with Crippen LogP contribution in [0.4, 0.5) is 15.3 Å². The molecule has 1 fully saturated rings. The molecule has 2 N–H and O–H groups in total. The first-order chi connectivity index (χ1) is 14.4. The highest BCUT2D eigenvalue weighted by molar-refractivity contribution is 5.91. The minimum Gasteiger partial charge on any atom is -0.444 e. The molecule has 0 radical (unpaired) electrons. The lowest BCUT2D eigenvalue weighted by atomic mass is 10.1. The molecule has 0 aromatic heterocycles. The number of carbonyl (C=O) groups excluding carboxylic acids is 2. The number of fused-ring (bicyclic) bond motifs is 1. The quantitative estimate of drug-likeness (QED) is 0.699. The summed E-state index contributed by atoms with van der Waals surface area (Å²) in [5, 5.41) is 6.50. The van der Waals surface area contributed by atoms with Crippen LogP contribution in [-0.2, 0) is 22.4 Å². The molecule has 0 spiro atoms. The SMILES string of the molecule is CC(C)(C)OC(=O)NC(CNCc1cccc2c1N(C(=O)OC(C)(C)C)CC2)C1CC1. The number of benzene rings is 1. The van der Waals surface area contributed by atoms with E-state index >= 15 is 0 Å². The van der Waals surface area contributed by atoms with Crippen LogP contribution >= 0.6 is 0 Å². The van der Waals surface area contributed by atoms with E-state index in [2.05, 4.69) is 16.7 Å². The summed E-state index contributed by atoms with van der Waals surface area (Å²) in [5.74, 6) is 0.486. The summed E-state index contributed by atoms with van der Waals surface area (Å²) >= 11 is 0. The van der Waals surface area contributed by atoms with Crippen LogP contribution in [0.5, 0.6) is 0 Å². The van der Waals surface area contributed by atoms with Gasteiger partial charge >= 0.3 is 12.2 Å². The van der Waals surface area contributed by atoms with Crippen molar-refractivity contribution in [2.45, 2.75) is 84.6 Å². The molecule has 0 saturated heterocycles. The standard InChI is InChI=1S/C24H37N3O4/c1-23(2,3)30-21(28)26-19(16-10-11-16)15-25-14-18-9-7-8-17-12-13-27(20(17)18)22(29)31-24(4,5)6/h7-9,16,19,25H,10-15H2,1-6H3,(H,26,28). The molecule has 1 atom stereocenters. The van der Waals surface area contributed by atoms with Crippen LogP contribution in [0.2, 0.25) is 0 Å². The Morgan fingerprint density at radius 1 is 1.10 bits per heavy atom. The molecule has 172 valence electrons. The molecule has 2 aliphatic rings. The van der Waals surface area contributed by atoms with Crippen LogP contribution < -0.4 is 15.5 Å². The monoisotopic (exact) mass is 431 g/mol. The van der Waals surface area contributed by atoms with Gasteiger partial charge in [0, 0.05) is 25.7 Å². The van der Waals surface area contributed by atoms with Crippen LogP contribution in [0, 0.1) is 5.92 Å². The van der Waals surface area contributed by atoms with E-state index in [4.69, 9.17) is 9.47 Å². The molecule has 1 aromatic rings. The number of ether oxygens (including phenoxy) is 2. The van der Waals surface area contributed by atoms with Crippen molar-refractivity contribution in [2.75, 3.05) is 18.0 Å². The minimum atomic E-state index is -0.530. The molecule has 31 heavy (non-hydrogen) atoms. The van der Waals surface area contributed by atoms with Gasteiger partial charge in [-0.3, -0.25) is 4.90 Å². The number of para-hydroxylation sites is 1. The molecule has 0 bridgehead atoms. The topological polar surface area (TPSA) is 79.9 Å². The van der Waals surface area contributed by atoms with Gasteiger partial charge in [-0.25, -0.2) is 9.59 Å². The van der Waals surface area contributed by atoms with Crippen LogP contribution in [0.3, 0.4) is 0 Å². The van der Waals surface area contributed by atoms with Crippen LogP contribution in [-0.4, -0.2) is 42.5 Å². The smallest absolute Gasteiger partial charge is 0.414 e. The average Bonchev–Trinajstić information content (AvgIpc) is 3.36. The van der Waals surface area contributed by atoms with Crippen molar-refractivity contribution in [3.63, 3.8) is 0 Å². The molecule has 1 heterocycles. The van der Waals surface area contributed by atoms with Crippen molar-refractivity contribution in [3.8, 4) is 0 Å². The lowest BCUT2D eigenvalue weighted by Gasteiger charge is -2.26. The molecule has 2 amide bonds. The molecule has 7 nitrogen and oxygen atoms in total. The number of amides is 2. The van der Waals surface area contributed by atoms with Gasteiger partial charge in [0.1, 0.15) is 11.2 Å². The maximum absolute atomic E-state index is 12.7. The van der Waals surface area contributed by atoms with E-state index < -0.39 is 11.2 Å². The summed E-state index contributed by atoms with van der Waals surface area (Å²) in [6.45, 7) is 13.1. The minimum absolute atomic E-state index is 0.0357. The van der Waals surface area contributed by atoms with Crippen molar-refractivity contribution < 1.29 is 19.1 Å². The van der Waals surface area contributed by atoms with E-state index in [1.165, 1.54) is 0 Å². The van der Waals surface area contributed by atoms with Crippen LogP contribution in [0.25, 0.3) is 0 Å². The first-order valence-electron chi connectivity index (χ1n) is 11.2. The van der Waals surface area contributed by atoms with Gasteiger partial charge in [-0.1, -0.05) is 18.2 Å². The number of hydrogen-bond donors (Lipinski definition) is 2. The Balaban J connectivity index is 1.61. The summed E-state index contributed by atoms with van der Waals surface area (Å²) < 4.78 is 11.0. The van der Waals surface area contributed by atoms with Gasteiger partial charge in [-0.15, -0.1) is 0 Å². The zero-order valence-electron chi connectivity index (χ0n) is 19.7. The summed E-state index contributed by atoms with van der Waals surface area (Å²) in [4.78, 5) is 26.7. The first-order valence-corrected chi connectivity index (χ1v) is 11.2. The molecule has 7 heteroatoms. The largest absolute Gasteiger partial charge is 0.444 e. The van der Waals surface area contributed by atoms with E-state index in [1.54, 1.807) is 4.90 Å². The highest BCUT2D eigenvalue weighted by Gasteiger charge is 2.34. The number of nitrogens with zero attached hydrogens (tertiary/aromatic N) is 1. The van der Waals surface area contributed by atoms with Gasteiger partial charge in [-0.2, -0.15) is 0 Å². The fraction of sp³-hybridized carbons (Fsp3) is 0.667. The van der Waals surface area contributed by atoms with Gasteiger partial charge in [-0.05, 0) is 77.8 Å². The molecular formula is C24H37N3O4. The normalized spacial score (nSPS) is 17.2. The van der Waals surface area contributed by atoms with E-state index in [-0.39, 0.29) is 18.2 Å². The van der Waals surface area contributed by atoms with Gasteiger partial charge in [0.2, 0.25) is 0 Å². The fourth-order valence-electron chi connectivity index (χ4n) is 3.83. The maximum Gasteiger partial charge on any atom is 0.414 e. The summed E-state index contributed by atoms with van der Waals surface area (Å²) in [6, 6.07) is 6.18. The Hall–Kier alpha value is -2.28. The Morgan fingerprint density at radius 2 is 1.77 bits per heavy atom. The summed E-state index contributed by atoms with van der Waals surface area (Å²) in [6.07, 6.45) is 2.39. The highest BCUT2D eigenvalue weighted by atomic mass is 16.6. The molecule has 1 aliphatic carbocycles. The zero-order valence-corrected chi connectivity index (χ0v) is 19.7. The zero-order chi connectivity index (χ0) is 22.8. The Labute approximate surface area is 185 Å². The molecule has 1 saturated carbocycles. The maximum atomic E-state index is 12.7. The van der Waals surface area contributed by atoms with E-state index in [0.29, 0.717) is 25.6 Å².